The zero-order valence-corrected chi connectivity index (χ0v) is 21.9. The van der Waals surface area contributed by atoms with Crippen molar-refractivity contribution in [1.29, 1.82) is 0 Å². The van der Waals surface area contributed by atoms with Crippen LogP contribution in [0.4, 0.5) is 17.1 Å². The monoisotopic (exact) mass is 571 g/mol. The maximum atomic E-state index is 6.45. The second kappa shape index (κ2) is 8.58. The van der Waals surface area contributed by atoms with Crippen LogP contribution in [0.5, 0.6) is 0 Å². The van der Waals surface area contributed by atoms with Gasteiger partial charge in [-0.3, -0.25) is 0 Å². The van der Waals surface area contributed by atoms with Crippen molar-refractivity contribution < 1.29 is 13.3 Å². The molecule has 0 atom stereocenters. The third-order valence-corrected chi connectivity index (χ3v) is 7.40. The van der Waals surface area contributed by atoms with Crippen molar-refractivity contribution in [1.82, 2.24) is 9.97 Å². The van der Waals surface area contributed by atoms with Gasteiger partial charge in [0.15, 0.2) is 23.1 Å². The zero-order valence-electron chi connectivity index (χ0n) is 20.3. The number of rotatable bonds is 4. The molecule has 0 saturated heterocycles. The molecule has 8 aromatic rings. The minimum Gasteiger partial charge on any atom is -0.454 e. The van der Waals surface area contributed by atoms with Crippen molar-refractivity contribution in [3.63, 3.8) is 0 Å². The summed E-state index contributed by atoms with van der Waals surface area (Å²) in [5.41, 5.74) is 8.22. The molecule has 0 bridgehead atoms. The van der Waals surface area contributed by atoms with Crippen molar-refractivity contribution in [3.05, 3.63) is 114 Å². The number of anilines is 3. The predicted octanol–water partition coefficient (Wildman–Crippen LogP) is 9.77. The van der Waals surface area contributed by atoms with Gasteiger partial charge in [-0.15, -0.1) is 0 Å². The Morgan fingerprint density at radius 1 is 0.641 bits per heavy atom. The second-order valence-electron chi connectivity index (χ2n) is 9.27. The fourth-order valence-corrected chi connectivity index (χ4v) is 5.46. The molecular weight excluding hydrogens is 554 g/mol. The van der Waals surface area contributed by atoms with Crippen molar-refractivity contribution in [2.75, 3.05) is 4.90 Å². The number of benzene rings is 5. The molecule has 8 rings (SSSR count). The fraction of sp³-hybridized carbons (Fsp3) is 0. The molecule has 3 aromatic heterocycles. The van der Waals surface area contributed by atoms with Gasteiger partial charge in [-0.2, -0.15) is 0 Å². The van der Waals surface area contributed by atoms with Crippen molar-refractivity contribution in [3.8, 4) is 11.5 Å². The Morgan fingerprint density at radius 3 is 2.41 bits per heavy atom. The summed E-state index contributed by atoms with van der Waals surface area (Å²) in [7, 11) is 0. The van der Waals surface area contributed by atoms with E-state index in [0.29, 0.717) is 11.5 Å². The number of hydrogen-bond acceptors (Lipinski definition) is 6. The van der Waals surface area contributed by atoms with E-state index >= 15 is 0 Å². The molecule has 0 amide bonds. The van der Waals surface area contributed by atoms with E-state index in [1.54, 1.807) is 0 Å². The summed E-state index contributed by atoms with van der Waals surface area (Å²) in [6.07, 6.45) is 1.46. The molecule has 0 aliphatic carbocycles. The minimum absolute atomic E-state index is 0.586. The van der Waals surface area contributed by atoms with Crippen LogP contribution in [-0.4, -0.2) is 9.97 Å². The molecule has 186 valence electrons. The fourth-order valence-electron chi connectivity index (χ4n) is 5.10. The Bertz CT molecular complexity index is 2160. The summed E-state index contributed by atoms with van der Waals surface area (Å²) in [5, 5.41) is 2.08. The average Bonchev–Trinajstić information content (AvgIpc) is 3.70. The van der Waals surface area contributed by atoms with Crippen molar-refractivity contribution >= 4 is 77.1 Å². The summed E-state index contributed by atoms with van der Waals surface area (Å²) in [6, 6.07) is 34.2. The van der Waals surface area contributed by atoms with E-state index in [1.165, 1.54) is 6.39 Å². The van der Waals surface area contributed by atoms with Crippen LogP contribution in [0, 0.1) is 0 Å². The molecule has 0 spiro atoms. The maximum absolute atomic E-state index is 6.45. The molecule has 0 radical (unpaired) electrons. The van der Waals surface area contributed by atoms with Crippen molar-refractivity contribution in [2.24, 2.45) is 0 Å². The Morgan fingerprint density at radius 2 is 1.49 bits per heavy atom. The zero-order chi connectivity index (χ0) is 25.9. The number of oxazole rings is 2. The molecule has 0 aliphatic heterocycles. The van der Waals surface area contributed by atoms with E-state index in [-0.39, 0.29) is 0 Å². The van der Waals surface area contributed by atoms with E-state index in [1.807, 2.05) is 78.9 Å². The van der Waals surface area contributed by atoms with Crippen LogP contribution < -0.4 is 4.90 Å². The highest BCUT2D eigenvalue weighted by molar-refractivity contribution is 9.10. The second-order valence-corrected chi connectivity index (χ2v) is 10.2. The van der Waals surface area contributed by atoms with Gasteiger partial charge in [0.25, 0.3) is 0 Å². The number of nitrogens with zero attached hydrogens (tertiary/aromatic N) is 3. The van der Waals surface area contributed by atoms with Gasteiger partial charge in [0.05, 0.1) is 11.4 Å². The molecule has 7 heteroatoms. The first kappa shape index (κ1) is 22.1. The van der Waals surface area contributed by atoms with Crippen LogP contribution in [0.1, 0.15) is 0 Å². The van der Waals surface area contributed by atoms with Gasteiger partial charge in [0.1, 0.15) is 16.6 Å². The summed E-state index contributed by atoms with van der Waals surface area (Å²) < 4.78 is 19.2. The van der Waals surface area contributed by atoms with Crippen LogP contribution in [-0.2, 0) is 0 Å². The maximum Gasteiger partial charge on any atom is 0.227 e. The Balaban J connectivity index is 1.36. The lowest BCUT2D eigenvalue weighted by Crippen LogP contribution is -2.10. The molecule has 5 aromatic carbocycles. The smallest absolute Gasteiger partial charge is 0.227 e. The normalized spacial score (nSPS) is 11.7. The summed E-state index contributed by atoms with van der Waals surface area (Å²) in [5.74, 6) is 0.586. The van der Waals surface area contributed by atoms with Crippen LogP contribution in [0.2, 0.25) is 0 Å². The molecule has 0 N–H and O–H groups in total. The molecule has 3 heterocycles. The summed E-state index contributed by atoms with van der Waals surface area (Å²) >= 11 is 3.60. The first-order valence-electron chi connectivity index (χ1n) is 12.4. The van der Waals surface area contributed by atoms with E-state index < -0.39 is 0 Å². The Labute approximate surface area is 230 Å². The van der Waals surface area contributed by atoms with Gasteiger partial charge < -0.3 is 18.2 Å². The Hall–Kier alpha value is -4.88. The molecule has 0 fully saturated rings. The number of halogens is 1. The standard InChI is InChI=1S/C32H18BrN3O3/c33-20-9-13-28-24(15-20)23-7-4-8-27(31(23)38-28)36(21-11-14-29-26(16-21)34-18-37-29)22-10-12-25-30(17-22)39-32(35-25)19-5-2-1-3-6-19/h1-18H. The first-order valence-corrected chi connectivity index (χ1v) is 13.2. The SMILES string of the molecule is Brc1ccc2oc3c(N(c4ccc5ocnc5c4)c4ccc5nc(-c6ccccc6)oc5c4)cccc3c2c1. The topological polar surface area (TPSA) is 68.4 Å². The van der Waals surface area contributed by atoms with Gasteiger partial charge in [-0.1, -0.05) is 46.3 Å². The third-order valence-electron chi connectivity index (χ3n) is 6.90. The molecule has 0 saturated carbocycles. The summed E-state index contributed by atoms with van der Waals surface area (Å²) in [6.45, 7) is 0. The van der Waals surface area contributed by atoms with Gasteiger partial charge in [-0.25, -0.2) is 9.97 Å². The number of para-hydroxylation sites is 1. The minimum atomic E-state index is 0.586. The highest BCUT2D eigenvalue weighted by Crippen LogP contribution is 2.43. The largest absolute Gasteiger partial charge is 0.454 e. The number of furan rings is 1. The molecule has 6 nitrogen and oxygen atoms in total. The van der Waals surface area contributed by atoms with E-state index in [2.05, 4.69) is 50.1 Å². The van der Waals surface area contributed by atoms with Crippen LogP contribution in [0.3, 0.4) is 0 Å². The first-order chi connectivity index (χ1) is 19.2. The van der Waals surface area contributed by atoms with E-state index in [0.717, 1.165) is 65.7 Å². The summed E-state index contributed by atoms with van der Waals surface area (Å²) in [4.78, 5) is 11.3. The average molecular weight is 572 g/mol. The van der Waals surface area contributed by atoms with Gasteiger partial charge in [0.2, 0.25) is 5.89 Å². The van der Waals surface area contributed by atoms with Gasteiger partial charge in [-0.05, 0) is 66.7 Å². The Kier molecular flexibility index (Phi) is 4.87. The lowest BCUT2D eigenvalue weighted by molar-refractivity contribution is 0.602. The van der Waals surface area contributed by atoms with Crippen molar-refractivity contribution in [2.45, 2.75) is 0 Å². The predicted molar refractivity (Wildman–Crippen MR) is 157 cm³/mol. The lowest BCUT2D eigenvalue weighted by Gasteiger charge is -2.25. The number of hydrogen-bond donors (Lipinski definition) is 0. The van der Waals surface area contributed by atoms with Crippen LogP contribution >= 0.6 is 15.9 Å². The highest BCUT2D eigenvalue weighted by atomic mass is 79.9. The number of aromatic nitrogens is 2. The van der Waals surface area contributed by atoms with Gasteiger partial charge in [0, 0.05) is 32.6 Å². The third kappa shape index (κ3) is 3.62. The van der Waals surface area contributed by atoms with E-state index in [9.17, 15) is 0 Å². The van der Waals surface area contributed by atoms with Crippen LogP contribution in [0.25, 0.3) is 55.6 Å². The van der Waals surface area contributed by atoms with E-state index in [4.69, 9.17) is 18.2 Å². The quantitative estimate of drug-likeness (QED) is 0.209. The van der Waals surface area contributed by atoms with Crippen LogP contribution in [0.15, 0.2) is 127 Å². The molecule has 0 aliphatic rings. The number of fused-ring (bicyclic) bond motifs is 5. The highest BCUT2D eigenvalue weighted by Gasteiger charge is 2.21. The molecule has 0 unspecified atom stereocenters. The molecule has 39 heavy (non-hydrogen) atoms. The molecular formula is C32H18BrN3O3. The lowest BCUT2D eigenvalue weighted by atomic mass is 10.1. The van der Waals surface area contributed by atoms with Gasteiger partial charge >= 0.3 is 0 Å².